The molecule has 7 nitrogen and oxygen atoms in total. The number of methoxy groups -OCH3 is 1. The Morgan fingerprint density at radius 3 is 2.71 bits per heavy atom. The highest BCUT2D eigenvalue weighted by Crippen LogP contribution is 2.15. The van der Waals surface area contributed by atoms with Crippen molar-refractivity contribution in [1.82, 2.24) is 25.4 Å². The van der Waals surface area contributed by atoms with Gasteiger partial charge in [0.1, 0.15) is 5.75 Å². The molecule has 0 amide bonds. The van der Waals surface area contributed by atoms with Crippen LogP contribution in [0.25, 0.3) is 5.69 Å². The molecule has 28 heavy (non-hydrogen) atoms. The lowest BCUT2D eigenvalue weighted by Crippen LogP contribution is -2.37. The average molecular weight is 399 g/mol. The van der Waals surface area contributed by atoms with Gasteiger partial charge >= 0.3 is 0 Å². The van der Waals surface area contributed by atoms with Crippen molar-refractivity contribution < 1.29 is 4.74 Å². The Bertz CT molecular complexity index is 900. The lowest BCUT2D eigenvalue weighted by molar-refractivity contribution is 0.414. The molecule has 0 aliphatic rings. The zero-order valence-electron chi connectivity index (χ0n) is 16.5. The minimum absolute atomic E-state index is 0.597. The number of aromatic nitrogens is 3. The molecule has 0 spiro atoms. The molecular formula is C20H26N6OS. The fourth-order valence-corrected chi connectivity index (χ4v) is 3.51. The molecule has 0 aliphatic heterocycles. The highest BCUT2D eigenvalue weighted by Gasteiger charge is 2.05. The van der Waals surface area contributed by atoms with Crippen molar-refractivity contribution in [2.75, 3.05) is 20.7 Å². The second-order valence-electron chi connectivity index (χ2n) is 6.13. The zero-order valence-corrected chi connectivity index (χ0v) is 17.3. The van der Waals surface area contributed by atoms with E-state index in [2.05, 4.69) is 32.6 Å². The minimum Gasteiger partial charge on any atom is -0.497 e. The zero-order chi connectivity index (χ0) is 19.8. The van der Waals surface area contributed by atoms with Crippen molar-refractivity contribution in [1.29, 1.82) is 0 Å². The molecule has 2 aromatic heterocycles. The van der Waals surface area contributed by atoms with Crippen LogP contribution in [0.3, 0.4) is 0 Å². The molecular weight excluding hydrogens is 372 g/mol. The number of hydrogen-bond acceptors (Lipinski definition) is 5. The van der Waals surface area contributed by atoms with Crippen LogP contribution in [-0.4, -0.2) is 41.4 Å². The first-order valence-electron chi connectivity index (χ1n) is 9.29. The lowest BCUT2D eigenvalue weighted by atomic mass is 10.3. The summed E-state index contributed by atoms with van der Waals surface area (Å²) in [6.45, 7) is 3.54. The molecule has 0 unspecified atom stereocenters. The third-order valence-corrected chi connectivity index (χ3v) is 5.42. The van der Waals surface area contributed by atoms with E-state index in [0.717, 1.165) is 47.5 Å². The maximum absolute atomic E-state index is 5.19. The number of ether oxygens (including phenoxy) is 1. The lowest BCUT2D eigenvalue weighted by Gasteiger charge is -2.10. The van der Waals surface area contributed by atoms with Gasteiger partial charge in [-0.25, -0.2) is 9.67 Å². The van der Waals surface area contributed by atoms with Gasteiger partial charge in [0.2, 0.25) is 0 Å². The average Bonchev–Trinajstić information content (AvgIpc) is 3.40. The van der Waals surface area contributed by atoms with Crippen LogP contribution in [0.15, 0.2) is 47.7 Å². The van der Waals surface area contributed by atoms with Crippen LogP contribution in [-0.2, 0) is 19.4 Å². The van der Waals surface area contributed by atoms with Gasteiger partial charge in [0.15, 0.2) is 5.96 Å². The largest absolute Gasteiger partial charge is 0.497 e. The highest BCUT2D eigenvalue weighted by molar-refractivity contribution is 7.11. The molecule has 8 heteroatoms. The molecule has 0 saturated heterocycles. The van der Waals surface area contributed by atoms with Crippen molar-refractivity contribution in [3.63, 3.8) is 0 Å². The second-order valence-corrected chi connectivity index (χ2v) is 7.33. The molecule has 0 fully saturated rings. The molecule has 0 saturated carbocycles. The number of aryl methyl sites for hydroxylation is 1. The number of hydrogen-bond donors (Lipinski definition) is 2. The van der Waals surface area contributed by atoms with E-state index in [1.54, 1.807) is 25.5 Å². The molecule has 2 N–H and O–H groups in total. The van der Waals surface area contributed by atoms with Gasteiger partial charge in [0, 0.05) is 37.3 Å². The van der Waals surface area contributed by atoms with Crippen molar-refractivity contribution in [3.05, 3.63) is 58.3 Å². The third-order valence-electron chi connectivity index (χ3n) is 4.22. The van der Waals surface area contributed by atoms with Gasteiger partial charge in [-0.15, -0.1) is 11.3 Å². The topological polar surface area (TPSA) is 76.4 Å². The van der Waals surface area contributed by atoms with Crippen molar-refractivity contribution in [2.45, 2.75) is 26.3 Å². The van der Waals surface area contributed by atoms with E-state index in [1.165, 1.54) is 4.88 Å². The van der Waals surface area contributed by atoms with Crippen LogP contribution in [0.2, 0.25) is 0 Å². The summed E-state index contributed by atoms with van der Waals surface area (Å²) in [7, 11) is 3.43. The smallest absolute Gasteiger partial charge is 0.191 e. The Morgan fingerprint density at radius 2 is 2.04 bits per heavy atom. The van der Waals surface area contributed by atoms with Crippen LogP contribution in [0.1, 0.15) is 22.5 Å². The molecule has 148 valence electrons. The first-order chi connectivity index (χ1) is 13.7. The minimum atomic E-state index is 0.597. The molecule has 3 aromatic rings. The van der Waals surface area contributed by atoms with E-state index >= 15 is 0 Å². The first-order valence-corrected chi connectivity index (χ1v) is 10.1. The third kappa shape index (κ3) is 5.32. The SMILES string of the molecule is CCc1cnc(CCNC(=NC)NCc2ccn(-c3ccc(OC)cc3)n2)s1. The number of rotatable bonds is 8. The molecule has 3 rings (SSSR count). The number of nitrogens with zero attached hydrogens (tertiary/aromatic N) is 4. The van der Waals surface area contributed by atoms with E-state index in [9.17, 15) is 0 Å². The normalized spacial score (nSPS) is 11.5. The van der Waals surface area contributed by atoms with E-state index < -0.39 is 0 Å². The molecule has 0 bridgehead atoms. The van der Waals surface area contributed by atoms with Crippen LogP contribution >= 0.6 is 11.3 Å². The molecule has 1 aromatic carbocycles. The number of thiazole rings is 1. The summed E-state index contributed by atoms with van der Waals surface area (Å²) in [6.07, 6.45) is 5.84. The highest BCUT2D eigenvalue weighted by atomic mass is 32.1. The van der Waals surface area contributed by atoms with Crippen LogP contribution in [0, 0.1) is 0 Å². The van der Waals surface area contributed by atoms with E-state index in [4.69, 9.17) is 4.74 Å². The van der Waals surface area contributed by atoms with Crippen LogP contribution < -0.4 is 15.4 Å². The number of guanidine groups is 1. The number of aliphatic imine (C=N–C) groups is 1. The van der Waals surface area contributed by atoms with Gasteiger partial charge in [-0.05, 0) is 36.8 Å². The molecule has 0 radical (unpaired) electrons. The maximum atomic E-state index is 5.19. The summed E-state index contributed by atoms with van der Waals surface area (Å²) >= 11 is 1.77. The summed E-state index contributed by atoms with van der Waals surface area (Å²) < 4.78 is 7.04. The van der Waals surface area contributed by atoms with Crippen molar-refractivity contribution >= 4 is 17.3 Å². The van der Waals surface area contributed by atoms with Crippen molar-refractivity contribution in [3.8, 4) is 11.4 Å². The molecule has 2 heterocycles. The fourth-order valence-electron chi connectivity index (χ4n) is 2.64. The van der Waals surface area contributed by atoms with Gasteiger partial charge in [-0.1, -0.05) is 6.92 Å². The van der Waals surface area contributed by atoms with Crippen molar-refractivity contribution in [2.24, 2.45) is 4.99 Å². The van der Waals surface area contributed by atoms with Gasteiger partial charge in [0.05, 0.1) is 30.0 Å². The Morgan fingerprint density at radius 1 is 1.21 bits per heavy atom. The van der Waals surface area contributed by atoms with Gasteiger partial charge in [0.25, 0.3) is 0 Å². The Balaban J connectivity index is 1.47. The van der Waals surface area contributed by atoms with E-state index in [0.29, 0.717) is 6.54 Å². The quantitative estimate of drug-likeness (QED) is 0.451. The number of nitrogens with one attached hydrogen (secondary N) is 2. The predicted octanol–water partition coefficient (Wildman–Crippen LogP) is 2.81. The van der Waals surface area contributed by atoms with Crippen LogP contribution in [0.5, 0.6) is 5.75 Å². The Hall–Kier alpha value is -2.87. The van der Waals surface area contributed by atoms with Gasteiger partial charge < -0.3 is 15.4 Å². The molecule has 0 aliphatic carbocycles. The monoisotopic (exact) mass is 398 g/mol. The van der Waals surface area contributed by atoms with Crippen LogP contribution in [0.4, 0.5) is 0 Å². The summed E-state index contributed by atoms with van der Waals surface area (Å²) in [5, 5.41) is 12.4. The predicted molar refractivity (Wildman–Crippen MR) is 114 cm³/mol. The standard InChI is InChI=1S/C20H26N6OS/c1-4-18-14-23-19(28-18)9-11-22-20(21-2)24-13-15-10-12-26(25-15)16-5-7-17(27-3)8-6-16/h5-8,10,12,14H,4,9,11,13H2,1-3H3,(H2,21,22,24). The fraction of sp³-hybridized carbons (Fsp3) is 0.350. The maximum Gasteiger partial charge on any atom is 0.191 e. The van der Waals surface area contributed by atoms with E-state index in [-0.39, 0.29) is 0 Å². The second kappa shape index (κ2) is 9.89. The molecule has 0 atom stereocenters. The van der Waals surface area contributed by atoms with Gasteiger partial charge in [-0.2, -0.15) is 5.10 Å². The number of benzene rings is 1. The summed E-state index contributed by atoms with van der Waals surface area (Å²) in [6, 6.07) is 9.80. The first kappa shape index (κ1) is 19.9. The Labute approximate surface area is 169 Å². The summed E-state index contributed by atoms with van der Waals surface area (Å²) in [4.78, 5) is 10.0. The van der Waals surface area contributed by atoms with E-state index in [1.807, 2.05) is 47.4 Å². The van der Waals surface area contributed by atoms with Gasteiger partial charge in [-0.3, -0.25) is 4.99 Å². The summed E-state index contributed by atoms with van der Waals surface area (Å²) in [5.41, 5.74) is 1.93. The summed E-state index contributed by atoms with van der Waals surface area (Å²) in [5.74, 6) is 1.59. The Kier molecular flexibility index (Phi) is 7.02.